The van der Waals surface area contributed by atoms with Gasteiger partial charge in [-0.05, 0) is 31.4 Å². The van der Waals surface area contributed by atoms with Crippen molar-refractivity contribution >= 4 is 17.7 Å². The lowest BCUT2D eigenvalue weighted by Crippen LogP contribution is -2.44. The topological polar surface area (TPSA) is 87.7 Å². The molecule has 1 unspecified atom stereocenters. The second kappa shape index (κ2) is 9.39. The van der Waals surface area contributed by atoms with Crippen molar-refractivity contribution in [2.75, 3.05) is 26.2 Å². The lowest BCUT2D eigenvalue weighted by molar-refractivity contribution is -0.132. The number of nitrogens with one attached hydrogen (secondary N) is 2. The van der Waals surface area contributed by atoms with Crippen LogP contribution < -0.4 is 15.4 Å². The predicted molar refractivity (Wildman–Crippen MR) is 100 cm³/mol. The van der Waals surface area contributed by atoms with Crippen LogP contribution in [0.4, 0.5) is 0 Å². The van der Waals surface area contributed by atoms with Crippen LogP contribution in [0.1, 0.15) is 32.1 Å². The summed E-state index contributed by atoms with van der Waals surface area (Å²) < 4.78 is 5.48. The summed E-state index contributed by atoms with van der Waals surface area (Å²) in [4.78, 5) is 38.0. The van der Waals surface area contributed by atoms with Crippen molar-refractivity contribution < 1.29 is 19.1 Å². The van der Waals surface area contributed by atoms with E-state index in [-0.39, 0.29) is 42.8 Å². The monoisotopic (exact) mass is 373 g/mol. The molecule has 7 heteroatoms. The van der Waals surface area contributed by atoms with E-state index in [1.54, 1.807) is 17.0 Å². The van der Waals surface area contributed by atoms with Gasteiger partial charge in [-0.25, -0.2) is 0 Å². The third-order valence-electron chi connectivity index (χ3n) is 5.16. The van der Waals surface area contributed by atoms with Gasteiger partial charge in [0.2, 0.25) is 11.8 Å². The quantitative estimate of drug-likeness (QED) is 0.749. The Hall–Kier alpha value is -2.57. The normalized spacial score (nSPS) is 19.7. The molecule has 0 spiro atoms. The highest BCUT2D eigenvalue weighted by molar-refractivity contribution is 5.86. The summed E-state index contributed by atoms with van der Waals surface area (Å²) in [6.07, 6.45) is 4.71. The van der Waals surface area contributed by atoms with Gasteiger partial charge in [0, 0.05) is 25.0 Å². The first-order chi connectivity index (χ1) is 13.1. The summed E-state index contributed by atoms with van der Waals surface area (Å²) in [5.74, 6) is 0.394. The van der Waals surface area contributed by atoms with Gasteiger partial charge in [0.05, 0.1) is 6.54 Å². The zero-order valence-corrected chi connectivity index (χ0v) is 15.5. The SMILES string of the molecule is O=C(CNC(=O)C1CCCC1)NC1CCN(C(=O)COc2ccccc2)C1. The van der Waals surface area contributed by atoms with Gasteiger partial charge in [0.1, 0.15) is 5.75 Å². The summed E-state index contributed by atoms with van der Waals surface area (Å²) in [7, 11) is 0. The van der Waals surface area contributed by atoms with Crippen LogP contribution in [0.3, 0.4) is 0 Å². The molecule has 0 aromatic heterocycles. The van der Waals surface area contributed by atoms with Gasteiger partial charge in [-0.3, -0.25) is 14.4 Å². The molecule has 0 radical (unpaired) electrons. The Morgan fingerprint density at radius 3 is 2.56 bits per heavy atom. The minimum Gasteiger partial charge on any atom is -0.484 e. The minimum absolute atomic E-state index is 0.00308. The van der Waals surface area contributed by atoms with E-state index in [9.17, 15) is 14.4 Å². The zero-order valence-electron chi connectivity index (χ0n) is 15.5. The molecule has 1 saturated carbocycles. The van der Waals surface area contributed by atoms with E-state index >= 15 is 0 Å². The van der Waals surface area contributed by atoms with E-state index in [2.05, 4.69) is 10.6 Å². The molecule has 0 bridgehead atoms. The first kappa shape index (κ1) is 19.2. The van der Waals surface area contributed by atoms with Gasteiger partial charge in [0.15, 0.2) is 6.61 Å². The van der Waals surface area contributed by atoms with Gasteiger partial charge in [-0.2, -0.15) is 0 Å². The summed E-state index contributed by atoms with van der Waals surface area (Å²) >= 11 is 0. The van der Waals surface area contributed by atoms with Crippen LogP contribution in [-0.2, 0) is 14.4 Å². The number of rotatable bonds is 7. The van der Waals surface area contributed by atoms with Gasteiger partial charge >= 0.3 is 0 Å². The van der Waals surface area contributed by atoms with Crippen molar-refractivity contribution in [1.29, 1.82) is 0 Å². The maximum Gasteiger partial charge on any atom is 0.260 e. The summed E-state index contributed by atoms with van der Waals surface area (Å²) in [5, 5.41) is 5.61. The number of likely N-dealkylation sites (tertiary alicyclic amines) is 1. The molecule has 1 aliphatic carbocycles. The van der Waals surface area contributed by atoms with Crippen molar-refractivity contribution in [3.05, 3.63) is 30.3 Å². The number of hydrogen-bond donors (Lipinski definition) is 2. The van der Waals surface area contributed by atoms with Crippen molar-refractivity contribution in [3.63, 3.8) is 0 Å². The van der Waals surface area contributed by atoms with Crippen molar-refractivity contribution in [3.8, 4) is 5.75 Å². The van der Waals surface area contributed by atoms with E-state index in [1.165, 1.54) is 0 Å². The number of ether oxygens (including phenoxy) is 1. The fraction of sp³-hybridized carbons (Fsp3) is 0.550. The molecule has 3 rings (SSSR count). The number of para-hydroxylation sites is 1. The molecule has 146 valence electrons. The summed E-state index contributed by atoms with van der Waals surface area (Å²) in [6, 6.07) is 9.12. The maximum atomic E-state index is 12.2. The van der Waals surface area contributed by atoms with Gasteiger partial charge in [-0.1, -0.05) is 31.0 Å². The lowest BCUT2D eigenvalue weighted by atomic mass is 10.1. The van der Waals surface area contributed by atoms with Crippen LogP contribution in [0.15, 0.2) is 30.3 Å². The molecular formula is C20H27N3O4. The summed E-state index contributed by atoms with van der Waals surface area (Å²) in [6.45, 7) is 1.05. The second-order valence-corrected chi connectivity index (χ2v) is 7.19. The van der Waals surface area contributed by atoms with E-state index in [0.29, 0.717) is 25.3 Å². The van der Waals surface area contributed by atoms with Gasteiger partial charge in [0.25, 0.3) is 5.91 Å². The Labute approximate surface area is 159 Å². The number of hydrogen-bond acceptors (Lipinski definition) is 4. The molecule has 1 aromatic rings. The van der Waals surface area contributed by atoms with Crippen LogP contribution in [0.5, 0.6) is 5.75 Å². The molecule has 1 aromatic carbocycles. The average molecular weight is 373 g/mol. The molecule has 1 aliphatic heterocycles. The highest BCUT2D eigenvalue weighted by Gasteiger charge is 2.28. The van der Waals surface area contributed by atoms with Crippen molar-refractivity contribution in [2.24, 2.45) is 5.92 Å². The predicted octanol–water partition coefficient (Wildman–Crippen LogP) is 1.09. The highest BCUT2D eigenvalue weighted by atomic mass is 16.5. The molecular weight excluding hydrogens is 346 g/mol. The smallest absolute Gasteiger partial charge is 0.260 e. The van der Waals surface area contributed by atoms with Crippen LogP contribution in [-0.4, -0.2) is 54.9 Å². The molecule has 1 heterocycles. The Morgan fingerprint density at radius 1 is 1.07 bits per heavy atom. The van der Waals surface area contributed by atoms with Crippen LogP contribution in [0.2, 0.25) is 0 Å². The van der Waals surface area contributed by atoms with Crippen LogP contribution in [0, 0.1) is 5.92 Å². The molecule has 3 amide bonds. The van der Waals surface area contributed by atoms with Crippen LogP contribution in [0.25, 0.3) is 0 Å². The highest BCUT2D eigenvalue weighted by Crippen LogP contribution is 2.24. The summed E-state index contributed by atoms with van der Waals surface area (Å²) in [5.41, 5.74) is 0. The van der Waals surface area contributed by atoms with E-state index in [1.807, 2.05) is 18.2 Å². The zero-order chi connectivity index (χ0) is 19.1. The number of benzene rings is 1. The molecule has 1 saturated heterocycles. The largest absolute Gasteiger partial charge is 0.484 e. The molecule has 7 nitrogen and oxygen atoms in total. The molecule has 2 aliphatic rings. The maximum absolute atomic E-state index is 12.2. The number of carbonyl (C=O) groups excluding carboxylic acids is 3. The minimum atomic E-state index is -0.207. The van der Waals surface area contributed by atoms with Crippen molar-refractivity contribution in [2.45, 2.75) is 38.1 Å². The molecule has 1 atom stereocenters. The van der Waals surface area contributed by atoms with Gasteiger partial charge < -0.3 is 20.3 Å². The van der Waals surface area contributed by atoms with E-state index in [4.69, 9.17) is 4.74 Å². The molecule has 27 heavy (non-hydrogen) atoms. The van der Waals surface area contributed by atoms with Crippen molar-refractivity contribution in [1.82, 2.24) is 15.5 Å². The van der Waals surface area contributed by atoms with Crippen LogP contribution >= 0.6 is 0 Å². The first-order valence-electron chi connectivity index (χ1n) is 9.64. The van der Waals surface area contributed by atoms with E-state index in [0.717, 1.165) is 25.7 Å². The Morgan fingerprint density at radius 2 is 1.81 bits per heavy atom. The Bertz CT molecular complexity index is 658. The lowest BCUT2D eigenvalue weighted by Gasteiger charge is -2.18. The Balaban J connectivity index is 1.34. The Kier molecular flexibility index (Phi) is 6.68. The van der Waals surface area contributed by atoms with E-state index < -0.39 is 0 Å². The molecule has 2 N–H and O–H groups in total. The third kappa shape index (κ3) is 5.70. The second-order valence-electron chi connectivity index (χ2n) is 7.19. The molecule has 2 fully saturated rings. The van der Waals surface area contributed by atoms with Gasteiger partial charge in [-0.15, -0.1) is 0 Å². The third-order valence-corrected chi connectivity index (χ3v) is 5.16. The fourth-order valence-corrected chi connectivity index (χ4v) is 3.64. The standard InChI is InChI=1S/C20H27N3O4/c24-18(12-21-20(26)15-6-4-5-7-15)22-16-10-11-23(13-16)19(25)14-27-17-8-2-1-3-9-17/h1-3,8-9,15-16H,4-7,10-14H2,(H,21,26)(H,22,24). The average Bonchev–Trinajstić information content (AvgIpc) is 3.37. The number of amides is 3. The first-order valence-corrected chi connectivity index (χ1v) is 9.64. The number of carbonyl (C=O) groups is 3. The fourth-order valence-electron chi connectivity index (χ4n) is 3.64. The number of nitrogens with zero attached hydrogens (tertiary/aromatic N) is 1.